The molecule has 0 spiro atoms. The molecule has 0 unspecified atom stereocenters. The van der Waals surface area contributed by atoms with Gasteiger partial charge in [-0.05, 0) is 42.0 Å². The monoisotopic (exact) mass is 365 g/mol. The predicted octanol–water partition coefficient (Wildman–Crippen LogP) is 4.21. The van der Waals surface area contributed by atoms with E-state index in [1.54, 1.807) is 30.3 Å². The van der Waals surface area contributed by atoms with Crippen LogP contribution in [0.15, 0.2) is 78.9 Å². The maximum Gasteiger partial charge on any atom is 0.255 e. The minimum atomic E-state index is -0.317. The van der Waals surface area contributed by atoms with Gasteiger partial charge in [-0.25, -0.2) is 4.39 Å². The van der Waals surface area contributed by atoms with Crippen LogP contribution in [0.4, 0.5) is 4.39 Å². The molecule has 3 aromatic rings. The summed E-state index contributed by atoms with van der Waals surface area (Å²) >= 11 is 0. The molecule has 0 saturated carbocycles. The lowest BCUT2D eigenvalue weighted by atomic mass is 10.2. The standard InChI is InChI=1S/C22H20FNO3/c23-18-10-12-19(13-11-18)26-15-14-24-22(25)20-8-4-5-9-21(20)27-16-17-6-2-1-3-7-17/h1-13H,14-16H2,(H,24,25). The van der Waals surface area contributed by atoms with Gasteiger partial charge in [0.25, 0.3) is 5.91 Å². The van der Waals surface area contributed by atoms with Crippen molar-refractivity contribution in [2.45, 2.75) is 6.61 Å². The van der Waals surface area contributed by atoms with Crippen molar-refractivity contribution in [1.82, 2.24) is 5.32 Å². The molecule has 1 N–H and O–H groups in total. The second kappa shape index (κ2) is 9.38. The number of nitrogens with one attached hydrogen (secondary N) is 1. The number of carbonyl (C=O) groups is 1. The number of hydrogen-bond donors (Lipinski definition) is 1. The molecule has 0 aliphatic heterocycles. The number of benzene rings is 3. The van der Waals surface area contributed by atoms with Crippen molar-refractivity contribution in [3.8, 4) is 11.5 Å². The van der Waals surface area contributed by atoms with Crippen LogP contribution in [-0.4, -0.2) is 19.1 Å². The Morgan fingerprint density at radius 2 is 1.56 bits per heavy atom. The Kier molecular flexibility index (Phi) is 6.41. The van der Waals surface area contributed by atoms with E-state index < -0.39 is 0 Å². The maximum absolute atomic E-state index is 12.9. The molecule has 3 aromatic carbocycles. The molecule has 4 nitrogen and oxygen atoms in total. The Morgan fingerprint density at radius 3 is 2.33 bits per heavy atom. The molecule has 0 radical (unpaired) electrons. The molecule has 0 bridgehead atoms. The Balaban J connectivity index is 1.51. The van der Waals surface area contributed by atoms with Gasteiger partial charge < -0.3 is 14.8 Å². The minimum Gasteiger partial charge on any atom is -0.492 e. The molecule has 0 aliphatic carbocycles. The summed E-state index contributed by atoms with van der Waals surface area (Å²) in [5.41, 5.74) is 1.50. The lowest BCUT2D eigenvalue weighted by Gasteiger charge is -2.12. The largest absolute Gasteiger partial charge is 0.492 e. The van der Waals surface area contributed by atoms with Crippen LogP contribution in [0, 0.1) is 5.82 Å². The van der Waals surface area contributed by atoms with Crippen LogP contribution in [0.3, 0.4) is 0 Å². The van der Waals surface area contributed by atoms with Gasteiger partial charge in [-0.15, -0.1) is 0 Å². The Labute approximate surface area is 157 Å². The summed E-state index contributed by atoms with van der Waals surface area (Å²) in [6.07, 6.45) is 0. The fourth-order valence-corrected chi connectivity index (χ4v) is 2.47. The Hall–Kier alpha value is -3.34. The summed E-state index contributed by atoms with van der Waals surface area (Å²) < 4.78 is 24.1. The number of ether oxygens (including phenoxy) is 2. The topological polar surface area (TPSA) is 47.6 Å². The van der Waals surface area contributed by atoms with Crippen molar-refractivity contribution in [3.05, 3.63) is 95.8 Å². The zero-order chi connectivity index (χ0) is 18.9. The molecule has 138 valence electrons. The second-order valence-electron chi connectivity index (χ2n) is 5.83. The average molecular weight is 365 g/mol. The molecule has 0 fully saturated rings. The lowest BCUT2D eigenvalue weighted by Crippen LogP contribution is -2.28. The molecule has 1 amide bonds. The van der Waals surface area contributed by atoms with Crippen LogP contribution in [0.25, 0.3) is 0 Å². The van der Waals surface area contributed by atoms with Gasteiger partial charge in [-0.2, -0.15) is 0 Å². The van der Waals surface area contributed by atoms with E-state index in [0.717, 1.165) is 5.56 Å². The third-order valence-electron chi connectivity index (χ3n) is 3.84. The van der Waals surface area contributed by atoms with Crippen molar-refractivity contribution in [1.29, 1.82) is 0 Å². The van der Waals surface area contributed by atoms with Crippen LogP contribution in [0.1, 0.15) is 15.9 Å². The highest BCUT2D eigenvalue weighted by molar-refractivity contribution is 5.96. The first-order valence-electron chi connectivity index (χ1n) is 8.65. The second-order valence-corrected chi connectivity index (χ2v) is 5.83. The van der Waals surface area contributed by atoms with Crippen molar-refractivity contribution in [3.63, 3.8) is 0 Å². The number of halogens is 1. The number of carbonyl (C=O) groups excluding carboxylic acids is 1. The van der Waals surface area contributed by atoms with Gasteiger partial charge in [0.1, 0.15) is 30.5 Å². The molecule has 0 saturated heterocycles. The third-order valence-corrected chi connectivity index (χ3v) is 3.84. The normalized spacial score (nSPS) is 10.3. The minimum absolute atomic E-state index is 0.235. The number of para-hydroxylation sites is 1. The van der Waals surface area contributed by atoms with Crippen LogP contribution in [0.5, 0.6) is 11.5 Å². The van der Waals surface area contributed by atoms with Gasteiger partial charge >= 0.3 is 0 Å². The summed E-state index contributed by atoms with van der Waals surface area (Å²) in [4.78, 5) is 12.4. The van der Waals surface area contributed by atoms with Crippen molar-refractivity contribution >= 4 is 5.91 Å². The summed E-state index contributed by atoms with van der Waals surface area (Å²) in [6, 6.07) is 22.6. The van der Waals surface area contributed by atoms with Gasteiger partial charge in [-0.1, -0.05) is 42.5 Å². The van der Waals surface area contributed by atoms with E-state index in [4.69, 9.17) is 9.47 Å². The average Bonchev–Trinajstić information content (AvgIpc) is 2.72. The third kappa shape index (κ3) is 5.57. The predicted molar refractivity (Wildman–Crippen MR) is 101 cm³/mol. The Morgan fingerprint density at radius 1 is 0.852 bits per heavy atom. The smallest absolute Gasteiger partial charge is 0.255 e. The highest BCUT2D eigenvalue weighted by Crippen LogP contribution is 2.19. The maximum atomic E-state index is 12.9. The molecule has 0 atom stereocenters. The first-order valence-corrected chi connectivity index (χ1v) is 8.65. The number of amides is 1. The summed E-state index contributed by atoms with van der Waals surface area (Å²) in [5.74, 6) is 0.527. The van der Waals surface area contributed by atoms with E-state index in [1.807, 2.05) is 36.4 Å². The lowest BCUT2D eigenvalue weighted by molar-refractivity contribution is 0.0942. The summed E-state index contributed by atoms with van der Waals surface area (Å²) in [5, 5.41) is 2.80. The van der Waals surface area contributed by atoms with Crippen LogP contribution in [-0.2, 0) is 6.61 Å². The first kappa shape index (κ1) is 18.5. The molecule has 0 heterocycles. The van der Waals surface area contributed by atoms with E-state index in [0.29, 0.717) is 30.2 Å². The van der Waals surface area contributed by atoms with E-state index in [9.17, 15) is 9.18 Å². The van der Waals surface area contributed by atoms with Gasteiger partial charge in [0.15, 0.2) is 0 Å². The van der Waals surface area contributed by atoms with Gasteiger partial charge in [0.05, 0.1) is 12.1 Å². The van der Waals surface area contributed by atoms with E-state index in [-0.39, 0.29) is 18.3 Å². The fourth-order valence-electron chi connectivity index (χ4n) is 2.47. The van der Waals surface area contributed by atoms with Crippen molar-refractivity contribution in [2.24, 2.45) is 0 Å². The quantitative estimate of drug-likeness (QED) is 0.608. The molecular weight excluding hydrogens is 345 g/mol. The van der Waals surface area contributed by atoms with Crippen LogP contribution < -0.4 is 14.8 Å². The van der Waals surface area contributed by atoms with E-state index in [1.165, 1.54) is 12.1 Å². The highest BCUT2D eigenvalue weighted by atomic mass is 19.1. The Bertz CT molecular complexity index is 866. The van der Waals surface area contributed by atoms with Gasteiger partial charge in [0.2, 0.25) is 0 Å². The van der Waals surface area contributed by atoms with Gasteiger partial charge in [-0.3, -0.25) is 4.79 Å². The van der Waals surface area contributed by atoms with Crippen LogP contribution in [0.2, 0.25) is 0 Å². The first-order chi connectivity index (χ1) is 13.2. The van der Waals surface area contributed by atoms with Crippen molar-refractivity contribution < 1.29 is 18.7 Å². The van der Waals surface area contributed by atoms with E-state index >= 15 is 0 Å². The SMILES string of the molecule is O=C(NCCOc1ccc(F)cc1)c1ccccc1OCc1ccccc1. The molecular formula is C22H20FNO3. The molecule has 27 heavy (non-hydrogen) atoms. The molecule has 0 aromatic heterocycles. The van der Waals surface area contributed by atoms with Crippen molar-refractivity contribution in [2.75, 3.05) is 13.2 Å². The van der Waals surface area contributed by atoms with E-state index in [2.05, 4.69) is 5.32 Å². The number of rotatable bonds is 8. The molecule has 3 rings (SSSR count). The van der Waals surface area contributed by atoms with Crippen LogP contribution >= 0.6 is 0 Å². The fraction of sp³-hybridized carbons (Fsp3) is 0.136. The summed E-state index contributed by atoms with van der Waals surface area (Å²) in [6.45, 7) is 0.993. The zero-order valence-electron chi connectivity index (χ0n) is 14.7. The zero-order valence-corrected chi connectivity index (χ0v) is 14.7. The summed E-state index contributed by atoms with van der Waals surface area (Å²) in [7, 11) is 0. The van der Waals surface area contributed by atoms with Gasteiger partial charge in [0, 0.05) is 0 Å². The molecule has 5 heteroatoms. The number of hydrogen-bond acceptors (Lipinski definition) is 3. The molecule has 0 aliphatic rings. The highest BCUT2D eigenvalue weighted by Gasteiger charge is 2.11.